The van der Waals surface area contributed by atoms with E-state index >= 15 is 0 Å². The number of carbonyl (C=O) groups is 2. The van der Waals surface area contributed by atoms with Crippen LogP contribution in [0.4, 0.5) is 4.79 Å². The Balaban J connectivity index is 1.92. The van der Waals surface area contributed by atoms with Gasteiger partial charge in [0.25, 0.3) is 0 Å². The smallest absolute Gasteiger partial charge is 0.418 e. The zero-order chi connectivity index (χ0) is 17.5. The highest BCUT2D eigenvalue weighted by Crippen LogP contribution is 2.44. The maximum absolute atomic E-state index is 12.6. The van der Waals surface area contributed by atoms with Crippen LogP contribution in [0.3, 0.4) is 0 Å². The second kappa shape index (κ2) is 6.14. The standard InChI is InChI=1S/C13H21N3O7S/c17-11(18)13(9-2-1-6-14-7-4-9)5-3-10-8-15(13)12(19)16(10)23-24(20,21)22/h9-10,14H,1-8H2,(H,17,18)(H,20,21,22)/t9-,10-,13+/m1/s1. The molecule has 0 radical (unpaired) electrons. The molecule has 3 N–H and O–H groups in total. The van der Waals surface area contributed by atoms with Crippen molar-refractivity contribution in [2.75, 3.05) is 19.6 Å². The summed E-state index contributed by atoms with van der Waals surface area (Å²) < 4.78 is 35.1. The summed E-state index contributed by atoms with van der Waals surface area (Å²) in [6.07, 6.45) is 2.64. The number of aliphatic carboxylic acids is 1. The molecular formula is C13H21N3O7S. The van der Waals surface area contributed by atoms with E-state index in [0.717, 1.165) is 13.0 Å². The molecule has 3 aliphatic heterocycles. The molecule has 0 unspecified atom stereocenters. The minimum atomic E-state index is -4.85. The number of hydrogen-bond donors (Lipinski definition) is 3. The van der Waals surface area contributed by atoms with Gasteiger partial charge in [0.05, 0.1) is 6.04 Å². The molecule has 2 amide bonds. The summed E-state index contributed by atoms with van der Waals surface area (Å²) in [5, 5.41) is 13.8. The Morgan fingerprint density at radius 1 is 1.29 bits per heavy atom. The van der Waals surface area contributed by atoms with Gasteiger partial charge in [0, 0.05) is 6.54 Å². The predicted molar refractivity (Wildman–Crippen MR) is 80.2 cm³/mol. The lowest BCUT2D eigenvalue weighted by atomic mass is 9.72. The fourth-order valence-corrected chi connectivity index (χ4v) is 4.60. The van der Waals surface area contributed by atoms with E-state index in [1.54, 1.807) is 0 Å². The average Bonchev–Trinajstić information content (AvgIpc) is 2.72. The monoisotopic (exact) mass is 363 g/mol. The molecule has 3 atom stereocenters. The first kappa shape index (κ1) is 17.4. The SMILES string of the molecule is O=C1N(OS(=O)(=O)O)[C@@H]2CC[C@@](C(=O)O)([C@@H]3CCCNCC3)N1C2. The molecule has 3 saturated heterocycles. The van der Waals surface area contributed by atoms with E-state index in [0.29, 0.717) is 30.9 Å². The summed E-state index contributed by atoms with van der Waals surface area (Å²) in [4.78, 5) is 26.0. The van der Waals surface area contributed by atoms with Gasteiger partial charge in [-0.3, -0.25) is 4.55 Å². The van der Waals surface area contributed by atoms with Crippen molar-refractivity contribution in [1.82, 2.24) is 15.3 Å². The van der Waals surface area contributed by atoms with Crippen LogP contribution >= 0.6 is 0 Å². The van der Waals surface area contributed by atoms with Crippen LogP contribution in [-0.4, -0.2) is 71.3 Å². The number of amides is 2. The normalized spacial score (nSPS) is 34.3. The number of carbonyl (C=O) groups excluding carboxylic acids is 1. The number of piperidine rings is 1. The summed E-state index contributed by atoms with van der Waals surface area (Å²) in [7, 11) is -4.85. The Morgan fingerprint density at radius 2 is 2.04 bits per heavy atom. The number of carboxylic acids is 1. The summed E-state index contributed by atoms with van der Waals surface area (Å²) in [5.74, 6) is -1.30. The number of carboxylic acid groups (broad SMARTS) is 1. The zero-order valence-corrected chi connectivity index (χ0v) is 13.9. The Hall–Kier alpha value is -1.43. The first-order valence-electron chi connectivity index (χ1n) is 7.97. The highest BCUT2D eigenvalue weighted by atomic mass is 32.3. The Labute approximate surface area is 139 Å². The first-order chi connectivity index (χ1) is 11.3. The first-order valence-corrected chi connectivity index (χ1v) is 9.34. The van der Waals surface area contributed by atoms with Crippen LogP contribution in [0.25, 0.3) is 0 Å². The van der Waals surface area contributed by atoms with Gasteiger partial charge in [-0.05, 0) is 51.1 Å². The van der Waals surface area contributed by atoms with E-state index in [1.165, 1.54) is 4.90 Å². The maximum atomic E-state index is 12.6. The second-order valence-electron chi connectivity index (χ2n) is 6.52. The molecule has 0 aromatic rings. The predicted octanol–water partition coefficient (Wildman–Crippen LogP) is -0.166. The van der Waals surface area contributed by atoms with Gasteiger partial charge in [0.15, 0.2) is 0 Å². The lowest BCUT2D eigenvalue weighted by Gasteiger charge is -2.45. The van der Waals surface area contributed by atoms with Crippen LogP contribution in [0.15, 0.2) is 0 Å². The van der Waals surface area contributed by atoms with E-state index in [9.17, 15) is 23.1 Å². The summed E-state index contributed by atoms with van der Waals surface area (Å²) in [6.45, 7) is 1.56. The van der Waals surface area contributed by atoms with Gasteiger partial charge in [0.1, 0.15) is 5.54 Å². The molecule has 3 fully saturated rings. The number of nitrogens with one attached hydrogen (secondary N) is 1. The van der Waals surface area contributed by atoms with Crippen molar-refractivity contribution < 1.29 is 31.9 Å². The molecule has 2 bridgehead atoms. The van der Waals surface area contributed by atoms with Crippen molar-refractivity contribution >= 4 is 22.4 Å². The summed E-state index contributed by atoms with van der Waals surface area (Å²) in [6, 6.07) is -1.41. The number of rotatable bonds is 4. The lowest BCUT2D eigenvalue weighted by Crippen LogP contribution is -2.62. The van der Waals surface area contributed by atoms with Gasteiger partial charge in [-0.2, -0.15) is 13.5 Å². The molecule has 0 saturated carbocycles. The lowest BCUT2D eigenvalue weighted by molar-refractivity contribution is -0.155. The number of hydrogen-bond acceptors (Lipinski definition) is 6. The molecule has 3 heterocycles. The van der Waals surface area contributed by atoms with Crippen LogP contribution in [0.1, 0.15) is 32.1 Å². The third kappa shape index (κ3) is 2.85. The van der Waals surface area contributed by atoms with E-state index in [-0.39, 0.29) is 18.9 Å². The van der Waals surface area contributed by atoms with Crippen LogP contribution in [0.5, 0.6) is 0 Å². The number of fused-ring (bicyclic) bond motifs is 2. The molecule has 0 spiro atoms. The second-order valence-corrected chi connectivity index (χ2v) is 7.53. The van der Waals surface area contributed by atoms with E-state index in [4.69, 9.17) is 4.55 Å². The molecule has 24 heavy (non-hydrogen) atoms. The fraction of sp³-hybridized carbons (Fsp3) is 0.846. The van der Waals surface area contributed by atoms with Crippen molar-refractivity contribution in [3.8, 4) is 0 Å². The van der Waals surface area contributed by atoms with Crippen molar-refractivity contribution in [2.24, 2.45) is 5.92 Å². The topological polar surface area (TPSA) is 136 Å². The average molecular weight is 363 g/mol. The zero-order valence-electron chi connectivity index (χ0n) is 13.0. The van der Waals surface area contributed by atoms with E-state index < -0.39 is 34.0 Å². The third-order valence-electron chi connectivity index (χ3n) is 5.28. The number of hydroxylamine groups is 2. The van der Waals surface area contributed by atoms with Crippen molar-refractivity contribution in [2.45, 2.75) is 43.7 Å². The number of nitrogens with zero attached hydrogens (tertiary/aromatic N) is 2. The Morgan fingerprint density at radius 3 is 2.71 bits per heavy atom. The van der Waals surface area contributed by atoms with Gasteiger partial charge in [-0.15, -0.1) is 4.28 Å². The molecule has 11 heteroatoms. The molecule has 3 aliphatic rings. The Kier molecular flexibility index (Phi) is 4.45. The minimum absolute atomic E-state index is 0.0740. The van der Waals surface area contributed by atoms with Crippen LogP contribution < -0.4 is 5.32 Å². The Bertz CT molecular complexity index is 631. The van der Waals surface area contributed by atoms with E-state index in [1.807, 2.05) is 0 Å². The van der Waals surface area contributed by atoms with Crippen LogP contribution in [0, 0.1) is 5.92 Å². The highest BCUT2D eigenvalue weighted by molar-refractivity contribution is 7.80. The molecule has 0 aromatic heterocycles. The van der Waals surface area contributed by atoms with Gasteiger partial charge in [-0.25, -0.2) is 9.59 Å². The minimum Gasteiger partial charge on any atom is -0.479 e. The number of urea groups is 1. The summed E-state index contributed by atoms with van der Waals surface area (Å²) >= 11 is 0. The van der Waals surface area contributed by atoms with Crippen molar-refractivity contribution in [3.05, 3.63) is 0 Å². The van der Waals surface area contributed by atoms with Gasteiger partial charge in [-0.1, -0.05) is 0 Å². The third-order valence-corrected chi connectivity index (χ3v) is 5.63. The molecule has 0 aromatic carbocycles. The molecule has 0 aliphatic carbocycles. The molecule has 136 valence electrons. The largest absolute Gasteiger partial charge is 0.479 e. The molecule has 10 nitrogen and oxygen atoms in total. The van der Waals surface area contributed by atoms with Gasteiger partial charge < -0.3 is 15.3 Å². The molecular weight excluding hydrogens is 342 g/mol. The van der Waals surface area contributed by atoms with Crippen LogP contribution in [0.2, 0.25) is 0 Å². The highest BCUT2D eigenvalue weighted by Gasteiger charge is 2.61. The molecule has 3 rings (SSSR count). The summed E-state index contributed by atoms with van der Waals surface area (Å²) in [5.41, 5.74) is -1.36. The van der Waals surface area contributed by atoms with Crippen LogP contribution in [-0.2, 0) is 19.5 Å². The van der Waals surface area contributed by atoms with E-state index in [2.05, 4.69) is 9.60 Å². The quantitative estimate of drug-likeness (QED) is 0.586. The van der Waals surface area contributed by atoms with Crippen molar-refractivity contribution in [3.63, 3.8) is 0 Å². The van der Waals surface area contributed by atoms with Gasteiger partial charge in [0.2, 0.25) is 0 Å². The maximum Gasteiger partial charge on any atom is 0.418 e. The fourth-order valence-electron chi connectivity index (χ4n) is 4.21. The van der Waals surface area contributed by atoms with Gasteiger partial charge >= 0.3 is 22.4 Å². The van der Waals surface area contributed by atoms with Crippen molar-refractivity contribution in [1.29, 1.82) is 0 Å².